The molecule has 5 heteroatoms. The molecule has 1 unspecified atom stereocenters. The maximum absolute atomic E-state index is 11.6. The standard InChI is InChI=1S/C13H19NO4/c1-2-10(3-4-12(15)16)5-7-14-13(17)11-6-8-18-9-11/h6,8-10H,2-5,7H2,1H3,(H,14,17)(H,15,16). The van der Waals surface area contributed by atoms with Gasteiger partial charge in [0.1, 0.15) is 6.26 Å². The lowest BCUT2D eigenvalue weighted by Gasteiger charge is -2.13. The number of carbonyl (C=O) groups is 2. The van der Waals surface area contributed by atoms with Crippen LogP contribution in [-0.4, -0.2) is 23.5 Å². The molecule has 0 aromatic carbocycles. The minimum atomic E-state index is -0.768. The first-order chi connectivity index (χ1) is 8.63. The van der Waals surface area contributed by atoms with E-state index in [0.29, 0.717) is 24.4 Å². The number of carboxylic acids is 1. The number of amides is 1. The Labute approximate surface area is 106 Å². The number of nitrogens with one attached hydrogen (secondary N) is 1. The summed E-state index contributed by atoms with van der Waals surface area (Å²) in [4.78, 5) is 22.1. The first-order valence-electron chi connectivity index (χ1n) is 6.15. The number of aliphatic carboxylic acids is 1. The van der Waals surface area contributed by atoms with Crippen molar-refractivity contribution in [2.45, 2.75) is 32.6 Å². The lowest BCUT2D eigenvalue weighted by molar-refractivity contribution is -0.137. The van der Waals surface area contributed by atoms with Crippen molar-refractivity contribution in [2.24, 2.45) is 5.92 Å². The van der Waals surface area contributed by atoms with E-state index in [0.717, 1.165) is 12.8 Å². The second kappa shape index (κ2) is 7.53. The van der Waals surface area contributed by atoms with Crippen molar-refractivity contribution in [2.75, 3.05) is 6.54 Å². The lowest BCUT2D eigenvalue weighted by Crippen LogP contribution is -2.25. The van der Waals surface area contributed by atoms with Crippen molar-refractivity contribution in [3.8, 4) is 0 Å². The molecule has 0 aliphatic heterocycles. The van der Waals surface area contributed by atoms with Crippen LogP contribution in [0.3, 0.4) is 0 Å². The van der Waals surface area contributed by atoms with E-state index in [1.165, 1.54) is 12.5 Å². The lowest BCUT2D eigenvalue weighted by atomic mass is 9.96. The zero-order valence-corrected chi connectivity index (χ0v) is 10.5. The summed E-state index contributed by atoms with van der Waals surface area (Å²) in [6, 6.07) is 1.61. The molecule has 0 saturated carbocycles. The van der Waals surface area contributed by atoms with E-state index in [1.54, 1.807) is 6.07 Å². The topological polar surface area (TPSA) is 79.5 Å². The largest absolute Gasteiger partial charge is 0.481 e. The van der Waals surface area contributed by atoms with Crippen LogP contribution in [0, 0.1) is 5.92 Å². The molecule has 2 N–H and O–H groups in total. The first-order valence-corrected chi connectivity index (χ1v) is 6.15. The molecule has 18 heavy (non-hydrogen) atoms. The highest BCUT2D eigenvalue weighted by Gasteiger charge is 2.10. The van der Waals surface area contributed by atoms with Crippen molar-refractivity contribution in [1.82, 2.24) is 5.32 Å². The van der Waals surface area contributed by atoms with Gasteiger partial charge in [0.05, 0.1) is 11.8 Å². The van der Waals surface area contributed by atoms with Crippen molar-refractivity contribution in [3.05, 3.63) is 24.2 Å². The summed E-state index contributed by atoms with van der Waals surface area (Å²) >= 11 is 0. The average molecular weight is 253 g/mol. The third kappa shape index (κ3) is 5.03. The van der Waals surface area contributed by atoms with Crippen LogP contribution >= 0.6 is 0 Å². The van der Waals surface area contributed by atoms with Gasteiger partial charge in [0, 0.05) is 13.0 Å². The monoisotopic (exact) mass is 253 g/mol. The van der Waals surface area contributed by atoms with E-state index in [4.69, 9.17) is 9.52 Å². The molecule has 0 aliphatic carbocycles. The zero-order chi connectivity index (χ0) is 13.4. The van der Waals surface area contributed by atoms with Gasteiger partial charge in [-0.1, -0.05) is 13.3 Å². The van der Waals surface area contributed by atoms with Gasteiger partial charge in [-0.15, -0.1) is 0 Å². The molecule has 0 fully saturated rings. The number of carbonyl (C=O) groups excluding carboxylic acids is 1. The van der Waals surface area contributed by atoms with E-state index in [2.05, 4.69) is 5.32 Å². The predicted molar refractivity (Wildman–Crippen MR) is 66.3 cm³/mol. The Morgan fingerprint density at radius 2 is 2.22 bits per heavy atom. The van der Waals surface area contributed by atoms with E-state index in [1.807, 2.05) is 6.92 Å². The number of furan rings is 1. The second-order valence-corrected chi connectivity index (χ2v) is 4.26. The van der Waals surface area contributed by atoms with Crippen molar-refractivity contribution >= 4 is 11.9 Å². The van der Waals surface area contributed by atoms with E-state index in [-0.39, 0.29) is 12.3 Å². The van der Waals surface area contributed by atoms with Crippen LogP contribution in [0.5, 0.6) is 0 Å². The van der Waals surface area contributed by atoms with Crippen molar-refractivity contribution in [3.63, 3.8) is 0 Å². The number of hydrogen-bond donors (Lipinski definition) is 2. The summed E-state index contributed by atoms with van der Waals surface area (Å²) in [6.07, 6.45) is 5.43. The zero-order valence-electron chi connectivity index (χ0n) is 10.5. The highest BCUT2D eigenvalue weighted by molar-refractivity contribution is 5.93. The Balaban J connectivity index is 2.22. The van der Waals surface area contributed by atoms with Crippen LogP contribution in [0.25, 0.3) is 0 Å². The second-order valence-electron chi connectivity index (χ2n) is 4.26. The molecule has 1 heterocycles. The molecular formula is C13H19NO4. The predicted octanol–water partition coefficient (Wildman–Crippen LogP) is 2.29. The summed E-state index contributed by atoms with van der Waals surface area (Å²) in [5.74, 6) is -0.585. The Hall–Kier alpha value is -1.78. The van der Waals surface area contributed by atoms with Gasteiger partial charge in [0.2, 0.25) is 0 Å². The van der Waals surface area contributed by atoms with Gasteiger partial charge >= 0.3 is 5.97 Å². The summed E-state index contributed by atoms with van der Waals surface area (Å²) in [7, 11) is 0. The molecule has 0 radical (unpaired) electrons. The smallest absolute Gasteiger partial charge is 0.303 e. The SMILES string of the molecule is CCC(CCNC(=O)c1ccoc1)CCC(=O)O. The van der Waals surface area contributed by atoms with Gasteiger partial charge < -0.3 is 14.8 Å². The fraction of sp³-hybridized carbons (Fsp3) is 0.538. The van der Waals surface area contributed by atoms with Crippen LogP contribution in [0.2, 0.25) is 0 Å². The molecule has 0 aliphatic rings. The van der Waals surface area contributed by atoms with Crippen LogP contribution in [-0.2, 0) is 4.79 Å². The summed E-state index contributed by atoms with van der Waals surface area (Å²) < 4.78 is 4.82. The Bertz CT molecular complexity index is 372. The van der Waals surface area contributed by atoms with Gasteiger partial charge in [-0.25, -0.2) is 0 Å². The maximum Gasteiger partial charge on any atom is 0.303 e. The van der Waals surface area contributed by atoms with E-state index < -0.39 is 5.97 Å². The minimum absolute atomic E-state index is 0.156. The third-order valence-corrected chi connectivity index (χ3v) is 2.97. The van der Waals surface area contributed by atoms with Crippen molar-refractivity contribution < 1.29 is 19.1 Å². The molecule has 0 bridgehead atoms. The highest BCUT2D eigenvalue weighted by atomic mass is 16.4. The summed E-state index contributed by atoms with van der Waals surface area (Å²) in [6.45, 7) is 2.59. The number of rotatable bonds is 8. The normalized spacial score (nSPS) is 12.1. The van der Waals surface area contributed by atoms with Crippen LogP contribution in [0.4, 0.5) is 0 Å². The fourth-order valence-corrected chi connectivity index (χ4v) is 1.77. The summed E-state index contributed by atoms with van der Waals surface area (Å²) in [5, 5.41) is 11.4. The number of carboxylic acid groups (broad SMARTS) is 1. The van der Waals surface area contributed by atoms with E-state index >= 15 is 0 Å². The molecule has 1 rings (SSSR count). The molecule has 1 atom stereocenters. The average Bonchev–Trinajstić information content (AvgIpc) is 2.86. The van der Waals surface area contributed by atoms with Gasteiger partial charge in [-0.05, 0) is 24.8 Å². The number of hydrogen-bond acceptors (Lipinski definition) is 3. The highest BCUT2D eigenvalue weighted by Crippen LogP contribution is 2.14. The van der Waals surface area contributed by atoms with Gasteiger partial charge in [-0.3, -0.25) is 9.59 Å². The van der Waals surface area contributed by atoms with Crippen molar-refractivity contribution in [1.29, 1.82) is 0 Å². The molecular weight excluding hydrogens is 234 g/mol. The van der Waals surface area contributed by atoms with Gasteiger partial charge in [-0.2, -0.15) is 0 Å². The molecule has 1 aromatic rings. The summed E-state index contributed by atoms with van der Waals surface area (Å²) in [5.41, 5.74) is 0.508. The van der Waals surface area contributed by atoms with Crippen LogP contribution in [0.1, 0.15) is 43.0 Å². The van der Waals surface area contributed by atoms with Gasteiger partial charge in [0.25, 0.3) is 5.91 Å². The third-order valence-electron chi connectivity index (χ3n) is 2.97. The quantitative estimate of drug-likeness (QED) is 0.745. The Kier molecular flexibility index (Phi) is 5.97. The Morgan fingerprint density at radius 1 is 1.44 bits per heavy atom. The fourth-order valence-electron chi connectivity index (χ4n) is 1.77. The molecule has 0 saturated heterocycles. The molecule has 5 nitrogen and oxygen atoms in total. The minimum Gasteiger partial charge on any atom is -0.481 e. The molecule has 1 aromatic heterocycles. The van der Waals surface area contributed by atoms with Crippen LogP contribution in [0.15, 0.2) is 23.0 Å². The van der Waals surface area contributed by atoms with Crippen LogP contribution < -0.4 is 5.32 Å². The van der Waals surface area contributed by atoms with Gasteiger partial charge in [0.15, 0.2) is 0 Å². The van der Waals surface area contributed by atoms with E-state index in [9.17, 15) is 9.59 Å². The first kappa shape index (κ1) is 14.3. The molecule has 100 valence electrons. The molecule has 1 amide bonds. The Morgan fingerprint density at radius 3 is 2.78 bits per heavy atom. The molecule has 0 spiro atoms. The maximum atomic E-state index is 11.6.